The fraction of sp³-hybridized carbons (Fsp3) is 0.545. The minimum Gasteiger partial charge on any atom is -0.212 e. The standard InChI is InChI=1S/C11H21Si2.V/c1-12(2,3)10-7-8-11(9-10)13(4,5)6;/h7-9H,1-6H3;/q-1;. The molecule has 0 spiro atoms. The summed E-state index contributed by atoms with van der Waals surface area (Å²) in [5.41, 5.74) is 0. The zero-order valence-corrected chi connectivity index (χ0v) is 13.6. The van der Waals surface area contributed by atoms with Crippen LogP contribution in [0.5, 0.6) is 0 Å². The second kappa shape index (κ2) is 4.48. The summed E-state index contributed by atoms with van der Waals surface area (Å²) < 4.78 is 0. The quantitative estimate of drug-likeness (QED) is 0.566. The predicted molar refractivity (Wildman–Crippen MR) is 68.0 cm³/mol. The van der Waals surface area contributed by atoms with Gasteiger partial charge in [-0.2, -0.15) is 17.3 Å². The molecule has 0 amide bonds. The van der Waals surface area contributed by atoms with Crippen LogP contribution >= 0.6 is 0 Å². The van der Waals surface area contributed by atoms with Gasteiger partial charge in [-0.05, 0) is 0 Å². The molecule has 0 heterocycles. The molecule has 0 aliphatic carbocycles. The third kappa shape index (κ3) is 3.50. The number of hydrogen-bond donors (Lipinski definition) is 0. The Bertz CT molecular complexity index is 260. The third-order valence-electron chi connectivity index (χ3n) is 2.49. The van der Waals surface area contributed by atoms with Gasteiger partial charge in [0.2, 0.25) is 0 Å². The van der Waals surface area contributed by atoms with Gasteiger partial charge in [-0.25, -0.2) is 11.3 Å². The van der Waals surface area contributed by atoms with E-state index < -0.39 is 16.1 Å². The molecule has 0 aromatic heterocycles. The molecule has 0 bridgehead atoms. The average molecular weight is 260 g/mol. The van der Waals surface area contributed by atoms with Gasteiger partial charge in [0.1, 0.15) is 0 Å². The first kappa shape index (κ1) is 14.4. The Labute approximate surface area is 102 Å². The van der Waals surface area contributed by atoms with Crippen LogP contribution in [0.3, 0.4) is 0 Å². The van der Waals surface area contributed by atoms with Gasteiger partial charge < -0.3 is 0 Å². The number of rotatable bonds is 2. The predicted octanol–water partition coefficient (Wildman–Crippen LogP) is 2.49. The van der Waals surface area contributed by atoms with Crippen molar-refractivity contribution < 1.29 is 18.6 Å². The summed E-state index contributed by atoms with van der Waals surface area (Å²) in [5.74, 6) is 0. The molecule has 0 fully saturated rings. The van der Waals surface area contributed by atoms with Gasteiger partial charge in [0.25, 0.3) is 0 Å². The summed E-state index contributed by atoms with van der Waals surface area (Å²) in [5, 5.41) is 3.23. The summed E-state index contributed by atoms with van der Waals surface area (Å²) in [6.45, 7) is 14.5. The summed E-state index contributed by atoms with van der Waals surface area (Å²) in [6, 6.07) is 7.15. The molecule has 1 rings (SSSR count). The molecule has 0 aliphatic heterocycles. The van der Waals surface area contributed by atoms with Crippen LogP contribution in [0.15, 0.2) is 18.2 Å². The van der Waals surface area contributed by atoms with Crippen LogP contribution in [-0.4, -0.2) is 16.1 Å². The Morgan fingerprint density at radius 2 is 1.50 bits per heavy atom. The first-order valence-electron chi connectivity index (χ1n) is 4.99. The summed E-state index contributed by atoms with van der Waals surface area (Å²) in [4.78, 5) is 0. The largest absolute Gasteiger partial charge is 0.212 e. The van der Waals surface area contributed by atoms with Crippen molar-refractivity contribution in [3.8, 4) is 0 Å². The molecule has 0 atom stereocenters. The van der Waals surface area contributed by atoms with Crippen LogP contribution in [0.25, 0.3) is 0 Å². The van der Waals surface area contributed by atoms with E-state index in [9.17, 15) is 0 Å². The van der Waals surface area contributed by atoms with Crippen LogP contribution in [0, 0.1) is 0 Å². The molecule has 0 nitrogen and oxygen atoms in total. The van der Waals surface area contributed by atoms with Gasteiger partial charge in [-0.3, -0.25) is 0 Å². The minimum atomic E-state index is -1.07. The molecule has 0 saturated carbocycles. The molecule has 0 saturated heterocycles. The topological polar surface area (TPSA) is 0 Å². The molecule has 1 radical (unpaired) electrons. The van der Waals surface area contributed by atoms with Crippen molar-refractivity contribution in [3.63, 3.8) is 0 Å². The maximum absolute atomic E-state index is 2.46. The van der Waals surface area contributed by atoms with E-state index in [4.69, 9.17) is 0 Å². The second-order valence-corrected chi connectivity index (χ2v) is 16.0. The maximum atomic E-state index is 2.46. The van der Waals surface area contributed by atoms with E-state index in [0.717, 1.165) is 0 Å². The first-order valence-corrected chi connectivity index (χ1v) is 12.0. The summed E-state index contributed by atoms with van der Waals surface area (Å²) >= 11 is 0. The fourth-order valence-corrected chi connectivity index (χ4v) is 3.86. The fourth-order valence-electron chi connectivity index (χ4n) is 1.38. The van der Waals surface area contributed by atoms with Gasteiger partial charge >= 0.3 is 0 Å². The summed E-state index contributed by atoms with van der Waals surface area (Å²) in [6.07, 6.45) is 0. The molecule has 0 unspecified atom stereocenters. The van der Waals surface area contributed by atoms with Crippen molar-refractivity contribution in [2.24, 2.45) is 0 Å². The Morgan fingerprint density at radius 1 is 1.00 bits per heavy atom. The smallest absolute Gasteiger partial charge is 0.0147 e. The van der Waals surface area contributed by atoms with Crippen molar-refractivity contribution >= 4 is 26.5 Å². The molecule has 79 valence electrons. The van der Waals surface area contributed by atoms with Gasteiger partial charge in [-0.15, -0.1) is 0 Å². The van der Waals surface area contributed by atoms with Crippen molar-refractivity contribution in [3.05, 3.63) is 18.2 Å². The van der Waals surface area contributed by atoms with E-state index in [2.05, 4.69) is 57.5 Å². The van der Waals surface area contributed by atoms with E-state index in [0.29, 0.717) is 0 Å². The second-order valence-electron chi connectivity index (χ2n) is 5.89. The van der Waals surface area contributed by atoms with E-state index in [-0.39, 0.29) is 18.6 Å². The van der Waals surface area contributed by atoms with Crippen molar-refractivity contribution in [2.75, 3.05) is 0 Å². The van der Waals surface area contributed by atoms with Crippen molar-refractivity contribution in [1.82, 2.24) is 0 Å². The van der Waals surface area contributed by atoms with Gasteiger partial charge in [0, 0.05) is 34.7 Å². The molecule has 14 heavy (non-hydrogen) atoms. The van der Waals surface area contributed by atoms with Crippen molar-refractivity contribution in [1.29, 1.82) is 0 Å². The average Bonchev–Trinajstić information content (AvgIpc) is 2.28. The zero-order chi connectivity index (χ0) is 10.3. The Morgan fingerprint density at radius 3 is 1.71 bits per heavy atom. The minimum absolute atomic E-state index is 0. The maximum Gasteiger partial charge on any atom is 0.0147 e. The van der Waals surface area contributed by atoms with Crippen molar-refractivity contribution in [2.45, 2.75) is 39.3 Å². The van der Waals surface area contributed by atoms with E-state index in [1.54, 1.807) is 10.4 Å². The SMILES string of the molecule is C[Si](C)(C)c1cc[c-]([Si](C)(C)C)c1.[V]. The molecule has 1 aromatic rings. The van der Waals surface area contributed by atoms with Crippen LogP contribution < -0.4 is 10.4 Å². The van der Waals surface area contributed by atoms with Crippen LogP contribution in [0.2, 0.25) is 39.3 Å². The van der Waals surface area contributed by atoms with E-state index in [1.165, 1.54) is 0 Å². The molecule has 3 heteroatoms. The van der Waals surface area contributed by atoms with Crippen LogP contribution in [0.4, 0.5) is 0 Å². The number of hydrogen-bond acceptors (Lipinski definition) is 0. The van der Waals surface area contributed by atoms with E-state index >= 15 is 0 Å². The van der Waals surface area contributed by atoms with Gasteiger partial charge in [-0.1, -0.05) is 39.3 Å². The molecular weight excluding hydrogens is 239 g/mol. The molecule has 0 N–H and O–H groups in total. The van der Waals surface area contributed by atoms with Crippen LogP contribution in [-0.2, 0) is 18.6 Å². The Kier molecular flexibility index (Phi) is 4.60. The monoisotopic (exact) mass is 260 g/mol. The van der Waals surface area contributed by atoms with Gasteiger partial charge in [0.15, 0.2) is 0 Å². The zero-order valence-electron chi connectivity index (χ0n) is 10.2. The summed E-state index contributed by atoms with van der Waals surface area (Å²) in [7, 11) is -2.14. The third-order valence-corrected chi connectivity index (χ3v) is 6.57. The molecule has 0 aliphatic rings. The van der Waals surface area contributed by atoms with Crippen LogP contribution in [0.1, 0.15) is 0 Å². The molecular formula is C11H21Si2V-. The first-order chi connectivity index (χ1) is 5.71. The Hall–Kier alpha value is 0.368. The molecule has 1 aromatic carbocycles. The van der Waals surface area contributed by atoms with Gasteiger partial charge in [0.05, 0.1) is 0 Å². The van der Waals surface area contributed by atoms with E-state index in [1.807, 2.05) is 0 Å². The normalized spacial score (nSPS) is 12.4. The Balaban J connectivity index is 0.00000169.